The molecule has 72 valence electrons. The van der Waals surface area contributed by atoms with Crippen LogP contribution in [0.3, 0.4) is 0 Å². The van der Waals surface area contributed by atoms with E-state index in [2.05, 4.69) is 11.8 Å². The molecule has 1 saturated heterocycles. The summed E-state index contributed by atoms with van der Waals surface area (Å²) in [5.74, 6) is 0. The van der Waals surface area contributed by atoms with Crippen LogP contribution in [0.4, 0.5) is 0 Å². The van der Waals surface area contributed by atoms with Crippen molar-refractivity contribution in [1.82, 2.24) is 4.90 Å². The van der Waals surface area contributed by atoms with Gasteiger partial charge in [-0.3, -0.25) is 4.90 Å². The third-order valence-corrected chi connectivity index (χ3v) is 2.23. The van der Waals surface area contributed by atoms with E-state index < -0.39 is 0 Å². The van der Waals surface area contributed by atoms with Gasteiger partial charge in [-0.05, 0) is 6.92 Å². The molecule has 0 aliphatic carbocycles. The summed E-state index contributed by atoms with van der Waals surface area (Å²) in [6, 6.07) is 0.347. The van der Waals surface area contributed by atoms with Crippen LogP contribution in [0.5, 0.6) is 0 Å². The summed E-state index contributed by atoms with van der Waals surface area (Å²) in [5.41, 5.74) is 0. The number of ether oxygens (including phenoxy) is 1. The second-order valence-electron chi connectivity index (χ2n) is 3.21. The minimum absolute atomic E-state index is 0.0641. The zero-order valence-electron chi connectivity index (χ0n) is 7.44. The first-order valence-electron chi connectivity index (χ1n) is 4.35. The van der Waals surface area contributed by atoms with Gasteiger partial charge in [0.2, 0.25) is 0 Å². The maximum Gasteiger partial charge on any atom is 0.0933 e. The van der Waals surface area contributed by atoms with Crippen LogP contribution in [0, 0.1) is 0 Å². The highest BCUT2D eigenvalue weighted by molar-refractivity contribution is 4.76. The monoisotopic (exact) mass is 175 g/mol. The summed E-state index contributed by atoms with van der Waals surface area (Å²) in [7, 11) is 0. The normalized spacial score (nSPS) is 32.2. The molecular weight excluding hydrogens is 158 g/mol. The zero-order valence-corrected chi connectivity index (χ0v) is 7.44. The van der Waals surface area contributed by atoms with Crippen LogP contribution in [-0.2, 0) is 4.74 Å². The first kappa shape index (κ1) is 9.92. The lowest BCUT2D eigenvalue weighted by molar-refractivity contribution is -0.0805. The lowest BCUT2D eigenvalue weighted by atomic mass is 10.2. The van der Waals surface area contributed by atoms with Crippen LogP contribution in [0.1, 0.15) is 6.92 Å². The predicted molar refractivity (Wildman–Crippen MR) is 44.9 cm³/mol. The fraction of sp³-hybridized carbons (Fsp3) is 1.00. The third-order valence-electron chi connectivity index (χ3n) is 2.23. The molecule has 4 nitrogen and oxygen atoms in total. The Morgan fingerprint density at radius 2 is 2.25 bits per heavy atom. The van der Waals surface area contributed by atoms with Crippen LogP contribution < -0.4 is 0 Å². The van der Waals surface area contributed by atoms with E-state index in [0.717, 1.165) is 6.54 Å². The molecular formula is C8H17NO3. The van der Waals surface area contributed by atoms with Crippen molar-refractivity contribution in [2.24, 2.45) is 0 Å². The maximum atomic E-state index is 8.85. The number of hydrogen-bond donors (Lipinski definition) is 2. The van der Waals surface area contributed by atoms with Crippen molar-refractivity contribution in [3.05, 3.63) is 0 Å². The Labute approximate surface area is 72.7 Å². The molecule has 2 N–H and O–H groups in total. The molecule has 1 fully saturated rings. The van der Waals surface area contributed by atoms with Crippen molar-refractivity contribution in [3.8, 4) is 0 Å². The first-order valence-corrected chi connectivity index (χ1v) is 4.35. The number of hydrogen-bond acceptors (Lipinski definition) is 4. The molecule has 2 atom stereocenters. The third kappa shape index (κ3) is 2.42. The van der Waals surface area contributed by atoms with E-state index in [9.17, 15) is 0 Å². The number of nitrogens with zero attached hydrogens (tertiary/aromatic N) is 1. The Morgan fingerprint density at radius 3 is 2.83 bits per heavy atom. The second kappa shape index (κ2) is 4.77. The van der Waals surface area contributed by atoms with Crippen molar-refractivity contribution in [2.45, 2.75) is 19.1 Å². The van der Waals surface area contributed by atoms with Crippen LogP contribution in [0.2, 0.25) is 0 Å². The maximum absolute atomic E-state index is 8.85. The predicted octanol–water partition coefficient (Wildman–Crippen LogP) is -0.940. The SMILES string of the molecule is CC1COC(CO)CN1CCO. The van der Waals surface area contributed by atoms with Crippen molar-refractivity contribution < 1.29 is 14.9 Å². The van der Waals surface area contributed by atoms with Gasteiger partial charge in [0.1, 0.15) is 0 Å². The second-order valence-corrected chi connectivity index (χ2v) is 3.21. The topological polar surface area (TPSA) is 52.9 Å². The molecule has 0 amide bonds. The molecule has 1 aliphatic heterocycles. The summed E-state index contributed by atoms with van der Waals surface area (Å²) in [6.07, 6.45) is -0.0762. The first-order chi connectivity index (χ1) is 5.77. The largest absolute Gasteiger partial charge is 0.395 e. The van der Waals surface area contributed by atoms with Crippen LogP contribution in [0.25, 0.3) is 0 Å². The van der Waals surface area contributed by atoms with E-state index >= 15 is 0 Å². The molecule has 1 rings (SSSR count). The molecule has 1 aliphatic rings. The number of β-amino-alcohol motifs (C(OH)–C–C–N with tert-alkyl or cyclic N) is 1. The van der Waals surface area contributed by atoms with Gasteiger partial charge >= 0.3 is 0 Å². The fourth-order valence-corrected chi connectivity index (χ4v) is 1.43. The highest BCUT2D eigenvalue weighted by atomic mass is 16.5. The zero-order chi connectivity index (χ0) is 8.97. The van der Waals surface area contributed by atoms with Crippen molar-refractivity contribution in [3.63, 3.8) is 0 Å². The van der Waals surface area contributed by atoms with Gasteiger partial charge in [0.15, 0.2) is 0 Å². The van der Waals surface area contributed by atoms with Gasteiger partial charge in [0, 0.05) is 19.1 Å². The summed E-state index contributed by atoms with van der Waals surface area (Å²) in [4.78, 5) is 2.13. The summed E-state index contributed by atoms with van der Waals surface area (Å²) < 4.78 is 5.34. The Morgan fingerprint density at radius 1 is 1.50 bits per heavy atom. The van der Waals surface area contributed by atoms with Crippen molar-refractivity contribution >= 4 is 0 Å². The summed E-state index contributed by atoms with van der Waals surface area (Å²) in [5, 5.41) is 17.6. The molecule has 0 aromatic heterocycles. The Hall–Kier alpha value is -0.160. The number of rotatable bonds is 3. The molecule has 0 bridgehead atoms. The number of aliphatic hydroxyl groups is 2. The number of morpholine rings is 1. The molecule has 2 unspecified atom stereocenters. The Kier molecular flexibility index (Phi) is 3.94. The van der Waals surface area contributed by atoms with E-state index in [4.69, 9.17) is 14.9 Å². The van der Waals surface area contributed by atoms with Crippen molar-refractivity contribution in [1.29, 1.82) is 0 Å². The van der Waals surface area contributed by atoms with Crippen LogP contribution >= 0.6 is 0 Å². The molecule has 0 aromatic carbocycles. The highest BCUT2D eigenvalue weighted by Crippen LogP contribution is 2.10. The average Bonchev–Trinajstić information content (AvgIpc) is 2.09. The smallest absolute Gasteiger partial charge is 0.0933 e. The lowest BCUT2D eigenvalue weighted by Crippen LogP contribution is -2.50. The van der Waals surface area contributed by atoms with Gasteiger partial charge in [0.05, 0.1) is 25.9 Å². The summed E-state index contributed by atoms with van der Waals surface area (Å²) in [6.45, 7) is 4.32. The van der Waals surface area contributed by atoms with Gasteiger partial charge in [-0.25, -0.2) is 0 Å². The minimum atomic E-state index is -0.0762. The highest BCUT2D eigenvalue weighted by Gasteiger charge is 2.24. The Balaban J connectivity index is 2.36. The van der Waals surface area contributed by atoms with Gasteiger partial charge < -0.3 is 14.9 Å². The molecule has 4 heteroatoms. The molecule has 12 heavy (non-hydrogen) atoms. The van der Waals surface area contributed by atoms with E-state index in [1.807, 2.05) is 0 Å². The van der Waals surface area contributed by atoms with Gasteiger partial charge in [-0.1, -0.05) is 0 Å². The molecule has 0 spiro atoms. The van der Waals surface area contributed by atoms with Gasteiger partial charge in [0.25, 0.3) is 0 Å². The van der Waals surface area contributed by atoms with E-state index in [1.54, 1.807) is 0 Å². The van der Waals surface area contributed by atoms with E-state index in [1.165, 1.54) is 0 Å². The average molecular weight is 175 g/mol. The van der Waals surface area contributed by atoms with Crippen LogP contribution in [-0.4, -0.2) is 60.2 Å². The summed E-state index contributed by atoms with van der Waals surface area (Å²) >= 11 is 0. The van der Waals surface area contributed by atoms with Crippen LogP contribution in [0.15, 0.2) is 0 Å². The Bertz CT molecular complexity index is 131. The molecule has 0 radical (unpaired) electrons. The minimum Gasteiger partial charge on any atom is -0.395 e. The van der Waals surface area contributed by atoms with Gasteiger partial charge in [-0.15, -0.1) is 0 Å². The molecule has 0 aromatic rings. The van der Waals surface area contributed by atoms with Gasteiger partial charge in [-0.2, -0.15) is 0 Å². The molecule has 0 saturated carbocycles. The standard InChI is InChI=1S/C8H17NO3/c1-7-6-12-8(5-11)4-9(7)2-3-10/h7-8,10-11H,2-6H2,1H3. The number of aliphatic hydroxyl groups excluding tert-OH is 2. The molecule has 1 heterocycles. The fourth-order valence-electron chi connectivity index (χ4n) is 1.43. The lowest BCUT2D eigenvalue weighted by Gasteiger charge is -2.36. The van der Waals surface area contributed by atoms with E-state index in [-0.39, 0.29) is 19.3 Å². The van der Waals surface area contributed by atoms with E-state index in [0.29, 0.717) is 19.2 Å². The quantitative estimate of drug-likeness (QED) is 0.581. The van der Waals surface area contributed by atoms with Crippen molar-refractivity contribution in [2.75, 3.05) is 32.9 Å².